The Kier molecular flexibility index (Phi) is 4.28. The summed E-state index contributed by atoms with van der Waals surface area (Å²) in [5, 5.41) is 3.77. The normalized spacial score (nSPS) is 31.4. The Hall–Kier alpha value is -0.500. The minimum absolute atomic E-state index is 0.172. The van der Waals surface area contributed by atoms with Crippen LogP contribution in [0.4, 0.5) is 0 Å². The summed E-state index contributed by atoms with van der Waals surface area (Å²) < 4.78 is 5.93. The van der Waals surface area contributed by atoms with Crippen LogP contribution in [0.2, 0.25) is 0 Å². The second-order valence-electron chi connectivity index (χ2n) is 5.13. The second kappa shape index (κ2) is 5.72. The van der Waals surface area contributed by atoms with Crippen molar-refractivity contribution in [2.24, 2.45) is 0 Å². The summed E-state index contributed by atoms with van der Waals surface area (Å²) in [5.74, 6) is 1.25. The molecule has 2 rings (SSSR count). The maximum Gasteiger partial charge on any atom is 0.112 e. The lowest BCUT2D eigenvalue weighted by Gasteiger charge is -2.37. The van der Waals surface area contributed by atoms with E-state index in [9.17, 15) is 0 Å². The molecule has 1 unspecified atom stereocenters. The van der Waals surface area contributed by atoms with E-state index in [1.807, 2.05) is 0 Å². The van der Waals surface area contributed by atoms with Crippen LogP contribution in [0.25, 0.3) is 0 Å². The molecule has 2 aliphatic heterocycles. The predicted octanol–water partition coefficient (Wildman–Crippen LogP) is 3.38. The van der Waals surface area contributed by atoms with E-state index in [0.717, 1.165) is 13.2 Å². The van der Waals surface area contributed by atoms with Crippen LogP contribution in [0.1, 0.15) is 58.3 Å². The third kappa shape index (κ3) is 2.60. The van der Waals surface area contributed by atoms with Gasteiger partial charge in [-0.2, -0.15) is 0 Å². The van der Waals surface area contributed by atoms with Crippen molar-refractivity contribution in [2.45, 2.75) is 63.8 Å². The third-order valence-corrected chi connectivity index (χ3v) is 3.83. The van der Waals surface area contributed by atoms with Gasteiger partial charge in [0.05, 0.1) is 12.1 Å². The number of rotatable bonds is 3. The number of hydrogen-bond donors (Lipinski definition) is 1. The van der Waals surface area contributed by atoms with Crippen molar-refractivity contribution in [3.8, 4) is 0 Å². The number of hydrogen-bond acceptors (Lipinski definition) is 2. The fraction of sp³-hybridized carbons (Fsp3) is 0.857. The van der Waals surface area contributed by atoms with Crippen LogP contribution < -0.4 is 5.32 Å². The van der Waals surface area contributed by atoms with Crippen LogP contribution >= 0.6 is 0 Å². The Morgan fingerprint density at radius 3 is 3.00 bits per heavy atom. The molecule has 0 aromatic carbocycles. The van der Waals surface area contributed by atoms with Crippen molar-refractivity contribution in [3.63, 3.8) is 0 Å². The monoisotopic (exact) mass is 223 g/mol. The molecule has 0 aromatic rings. The molecule has 1 saturated heterocycles. The minimum Gasteiger partial charge on any atom is -0.496 e. The van der Waals surface area contributed by atoms with Gasteiger partial charge < -0.3 is 10.1 Å². The van der Waals surface area contributed by atoms with E-state index in [-0.39, 0.29) is 5.54 Å². The molecule has 16 heavy (non-hydrogen) atoms. The van der Waals surface area contributed by atoms with E-state index in [1.54, 1.807) is 0 Å². The molecule has 0 aromatic heterocycles. The lowest BCUT2D eigenvalue weighted by Crippen LogP contribution is -2.47. The Morgan fingerprint density at radius 2 is 2.25 bits per heavy atom. The summed E-state index contributed by atoms with van der Waals surface area (Å²) >= 11 is 0. The number of ether oxygens (including phenoxy) is 1. The van der Waals surface area contributed by atoms with Crippen LogP contribution in [0.5, 0.6) is 0 Å². The van der Waals surface area contributed by atoms with E-state index < -0.39 is 0 Å². The van der Waals surface area contributed by atoms with Crippen molar-refractivity contribution >= 4 is 0 Å². The van der Waals surface area contributed by atoms with Crippen LogP contribution in [-0.4, -0.2) is 18.7 Å². The smallest absolute Gasteiger partial charge is 0.112 e. The molecule has 0 radical (unpaired) electrons. The van der Waals surface area contributed by atoms with Crippen molar-refractivity contribution in [1.29, 1.82) is 0 Å². The first-order valence-corrected chi connectivity index (χ1v) is 6.96. The van der Waals surface area contributed by atoms with Crippen LogP contribution in [-0.2, 0) is 4.74 Å². The molecular weight excluding hydrogens is 198 g/mol. The van der Waals surface area contributed by atoms with Crippen LogP contribution in [0.15, 0.2) is 11.8 Å². The lowest BCUT2D eigenvalue weighted by molar-refractivity contribution is 0.122. The van der Waals surface area contributed by atoms with Gasteiger partial charge in [0, 0.05) is 0 Å². The standard InChI is InChI=1S/C14H25NO/c1-2-9-14(10-5-3-6-11-15-14)13-8-4-7-12-16-13/h8,15H,2-7,9-12H2,1H3. The van der Waals surface area contributed by atoms with Crippen molar-refractivity contribution < 1.29 is 4.74 Å². The molecule has 0 amide bonds. The highest BCUT2D eigenvalue weighted by Gasteiger charge is 2.35. The summed E-state index contributed by atoms with van der Waals surface area (Å²) in [6, 6.07) is 0. The molecule has 0 saturated carbocycles. The highest BCUT2D eigenvalue weighted by atomic mass is 16.5. The van der Waals surface area contributed by atoms with Gasteiger partial charge in [-0.25, -0.2) is 0 Å². The van der Waals surface area contributed by atoms with Gasteiger partial charge in [0.1, 0.15) is 5.76 Å². The Balaban J connectivity index is 2.14. The Labute approximate surface area is 99.4 Å². The highest BCUT2D eigenvalue weighted by Crippen LogP contribution is 2.33. The summed E-state index contributed by atoms with van der Waals surface area (Å²) in [5.41, 5.74) is 0.172. The van der Waals surface area contributed by atoms with E-state index in [0.29, 0.717) is 0 Å². The fourth-order valence-electron chi connectivity index (χ4n) is 3.01. The summed E-state index contributed by atoms with van der Waals surface area (Å²) in [7, 11) is 0. The van der Waals surface area contributed by atoms with E-state index in [1.165, 1.54) is 57.1 Å². The highest BCUT2D eigenvalue weighted by molar-refractivity contribution is 5.16. The summed E-state index contributed by atoms with van der Waals surface area (Å²) in [6.45, 7) is 4.34. The molecule has 2 heteroatoms. The molecule has 0 aliphatic carbocycles. The Bertz CT molecular complexity index is 239. The van der Waals surface area contributed by atoms with Gasteiger partial charge in [0.15, 0.2) is 0 Å². The molecule has 0 bridgehead atoms. The van der Waals surface area contributed by atoms with Gasteiger partial charge in [-0.3, -0.25) is 0 Å². The molecule has 1 fully saturated rings. The Morgan fingerprint density at radius 1 is 1.31 bits per heavy atom. The topological polar surface area (TPSA) is 21.3 Å². The fourth-order valence-corrected chi connectivity index (χ4v) is 3.01. The SMILES string of the molecule is CCCC1(C2=CCCCO2)CCCCCN1. The maximum absolute atomic E-state index is 5.93. The molecule has 92 valence electrons. The molecular formula is C14H25NO. The van der Waals surface area contributed by atoms with E-state index >= 15 is 0 Å². The third-order valence-electron chi connectivity index (χ3n) is 3.83. The van der Waals surface area contributed by atoms with Crippen LogP contribution in [0.3, 0.4) is 0 Å². The largest absolute Gasteiger partial charge is 0.496 e. The van der Waals surface area contributed by atoms with Gasteiger partial charge in [-0.05, 0) is 44.7 Å². The van der Waals surface area contributed by atoms with E-state index in [4.69, 9.17) is 4.74 Å². The zero-order valence-corrected chi connectivity index (χ0v) is 10.6. The van der Waals surface area contributed by atoms with Gasteiger partial charge in [0.25, 0.3) is 0 Å². The molecule has 2 aliphatic rings. The van der Waals surface area contributed by atoms with Gasteiger partial charge in [0.2, 0.25) is 0 Å². The van der Waals surface area contributed by atoms with Gasteiger partial charge in [-0.1, -0.05) is 26.2 Å². The molecule has 1 N–H and O–H groups in total. The van der Waals surface area contributed by atoms with Gasteiger partial charge in [-0.15, -0.1) is 0 Å². The number of allylic oxidation sites excluding steroid dienone is 1. The first kappa shape index (κ1) is 12.0. The maximum atomic E-state index is 5.93. The molecule has 0 spiro atoms. The summed E-state index contributed by atoms with van der Waals surface area (Å²) in [6.07, 6.45) is 12.4. The zero-order valence-electron chi connectivity index (χ0n) is 10.6. The minimum atomic E-state index is 0.172. The quantitative estimate of drug-likeness (QED) is 0.792. The van der Waals surface area contributed by atoms with E-state index in [2.05, 4.69) is 18.3 Å². The molecule has 2 nitrogen and oxygen atoms in total. The van der Waals surface area contributed by atoms with Crippen molar-refractivity contribution in [1.82, 2.24) is 5.32 Å². The first-order valence-electron chi connectivity index (χ1n) is 6.96. The van der Waals surface area contributed by atoms with Crippen LogP contribution in [0, 0.1) is 0 Å². The average molecular weight is 223 g/mol. The second-order valence-corrected chi connectivity index (χ2v) is 5.13. The van der Waals surface area contributed by atoms with Crippen molar-refractivity contribution in [2.75, 3.05) is 13.2 Å². The molecule has 1 atom stereocenters. The van der Waals surface area contributed by atoms with Gasteiger partial charge >= 0.3 is 0 Å². The lowest BCUT2D eigenvalue weighted by atomic mass is 9.85. The first-order chi connectivity index (χ1) is 7.87. The molecule has 2 heterocycles. The zero-order chi connectivity index (χ0) is 11.3. The van der Waals surface area contributed by atoms with Crippen molar-refractivity contribution in [3.05, 3.63) is 11.8 Å². The summed E-state index contributed by atoms with van der Waals surface area (Å²) in [4.78, 5) is 0. The number of nitrogens with one attached hydrogen (secondary N) is 1. The average Bonchev–Trinajstić information content (AvgIpc) is 2.57. The predicted molar refractivity (Wildman–Crippen MR) is 67.4 cm³/mol.